The summed E-state index contributed by atoms with van der Waals surface area (Å²) >= 11 is 0. The van der Waals surface area contributed by atoms with Crippen molar-refractivity contribution in [3.63, 3.8) is 0 Å². The van der Waals surface area contributed by atoms with Gasteiger partial charge in [-0.2, -0.15) is 0 Å². The number of aryl methyl sites for hydroxylation is 2. The van der Waals surface area contributed by atoms with Gasteiger partial charge in [-0.15, -0.1) is 0 Å². The number of nitrogens with one attached hydrogen (secondary N) is 1. The van der Waals surface area contributed by atoms with Crippen LogP contribution in [0, 0.1) is 13.8 Å². The van der Waals surface area contributed by atoms with E-state index in [-0.39, 0.29) is 5.25 Å². The molecule has 108 valence electrons. The van der Waals surface area contributed by atoms with Crippen LogP contribution in [0.25, 0.3) is 0 Å². The lowest BCUT2D eigenvalue weighted by molar-refractivity contribution is 0.486. The molecule has 0 fully saturated rings. The quantitative estimate of drug-likeness (QED) is 0.827. The predicted molar refractivity (Wildman–Crippen MR) is 84.2 cm³/mol. The van der Waals surface area contributed by atoms with Crippen LogP contribution in [-0.4, -0.2) is 22.0 Å². The summed E-state index contributed by atoms with van der Waals surface area (Å²) in [6.45, 7) is 11.5. The van der Waals surface area contributed by atoms with Crippen LogP contribution in [0.4, 0.5) is 0 Å². The Morgan fingerprint density at radius 3 is 2.53 bits per heavy atom. The molecule has 3 atom stereocenters. The lowest BCUT2D eigenvalue weighted by atomic mass is 10.1. The van der Waals surface area contributed by atoms with E-state index < -0.39 is 10.8 Å². The van der Waals surface area contributed by atoms with E-state index in [0.717, 1.165) is 29.8 Å². The second-order valence-electron chi connectivity index (χ2n) is 5.24. The number of hydrogen-bond donors (Lipinski definition) is 1. The zero-order valence-electron chi connectivity index (χ0n) is 12.8. The highest BCUT2D eigenvalue weighted by molar-refractivity contribution is 7.85. The van der Waals surface area contributed by atoms with Crippen LogP contribution in [0.1, 0.15) is 44.7 Å². The molecule has 0 saturated heterocycles. The topological polar surface area (TPSA) is 29.1 Å². The molecule has 0 aliphatic rings. The Bertz CT molecular complexity index is 431. The lowest BCUT2D eigenvalue weighted by Crippen LogP contribution is -2.40. The fourth-order valence-corrected chi connectivity index (χ4v) is 3.92. The van der Waals surface area contributed by atoms with Gasteiger partial charge in [0.05, 0.1) is 16.0 Å². The van der Waals surface area contributed by atoms with E-state index in [1.807, 2.05) is 6.92 Å². The standard InChI is InChI=1S/C16H27NOS/c1-6-10-17-15(7-2)14(5)19(18)16-11-12(3)8-9-13(16)4/h8-9,11,14-15,17H,6-7,10H2,1-5H3. The smallest absolute Gasteiger partial charge is 0.0576 e. The maximum Gasteiger partial charge on any atom is 0.0576 e. The van der Waals surface area contributed by atoms with Crippen LogP contribution in [0.3, 0.4) is 0 Å². The first-order valence-electron chi connectivity index (χ1n) is 7.22. The molecule has 0 radical (unpaired) electrons. The Kier molecular flexibility index (Phi) is 6.73. The Labute approximate surface area is 120 Å². The highest BCUT2D eigenvalue weighted by atomic mass is 32.2. The molecule has 0 amide bonds. The summed E-state index contributed by atoms with van der Waals surface area (Å²) in [7, 11) is -0.946. The van der Waals surface area contributed by atoms with Crippen molar-refractivity contribution < 1.29 is 4.21 Å². The molecule has 0 aromatic heterocycles. The first kappa shape index (κ1) is 16.4. The van der Waals surface area contributed by atoms with E-state index in [1.54, 1.807) is 0 Å². The molecule has 1 aromatic carbocycles. The van der Waals surface area contributed by atoms with E-state index in [2.05, 4.69) is 51.2 Å². The normalized spacial score (nSPS) is 16.1. The minimum Gasteiger partial charge on any atom is -0.313 e. The van der Waals surface area contributed by atoms with Gasteiger partial charge in [-0.1, -0.05) is 26.0 Å². The van der Waals surface area contributed by atoms with Gasteiger partial charge in [0.25, 0.3) is 0 Å². The zero-order chi connectivity index (χ0) is 14.4. The van der Waals surface area contributed by atoms with E-state index in [0.29, 0.717) is 6.04 Å². The molecule has 0 spiro atoms. The lowest BCUT2D eigenvalue weighted by Gasteiger charge is -2.24. The van der Waals surface area contributed by atoms with Gasteiger partial charge >= 0.3 is 0 Å². The van der Waals surface area contributed by atoms with Gasteiger partial charge in [-0.25, -0.2) is 0 Å². The summed E-state index contributed by atoms with van der Waals surface area (Å²) in [4.78, 5) is 0.990. The summed E-state index contributed by atoms with van der Waals surface area (Å²) in [5.41, 5.74) is 2.30. The minimum absolute atomic E-state index is 0.136. The molecule has 3 heteroatoms. The van der Waals surface area contributed by atoms with E-state index in [9.17, 15) is 4.21 Å². The monoisotopic (exact) mass is 281 g/mol. The molecule has 19 heavy (non-hydrogen) atoms. The summed E-state index contributed by atoms with van der Waals surface area (Å²) in [6, 6.07) is 6.53. The number of hydrogen-bond acceptors (Lipinski definition) is 2. The average Bonchev–Trinajstić information content (AvgIpc) is 2.41. The van der Waals surface area contributed by atoms with Crippen molar-refractivity contribution >= 4 is 10.8 Å². The molecule has 3 unspecified atom stereocenters. The SMILES string of the molecule is CCCNC(CC)C(C)S(=O)c1cc(C)ccc1C. The van der Waals surface area contributed by atoms with Crippen molar-refractivity contribution in [2.24, 2.45) is 0 Å². The molecule has 0 aliphatic heterocycles. The zero-order valence-corrected chi connectivity index (χ0v) is 13.6. The van der Waals surface area contributed by atoms with Gasteiger partial charge in [-0.3, -0.25) is 4.21 Å². The Morgan fingerprint density at radius 2 is 1.95 bits per heavy atom. The van der Waals surface area contributed by atoms with Crippen LogP contribution < -0.4 is 5.32 Å². The number of benzene rings is 1. The van der Waals surface area contributed by atoms with Crippen molar-refractivity contribution in [2.75, 3.05) is 6.54 Å². The minimum atomic E-state index is -0.946. The van der Waals surface area contributed by atoms with Gasteiger partial charge < -0.3 is 5.32 Å². The van der Waals surface area contributed by atoms with Crippen molar-refractivity contribution in [1.82, 2.24) is 5.32 Å². The first-order valence-corrected chi connectivity index (χ1v) is 8.43. The third kappa shape index (κ3) is 4.43. The third-order valence-corrected chi connectivity index (χ3v) is 5.44. The molecule has 1 rings (SSSR count). The fraction of sp³-hybridized carbons (Fsp3) is 0.625. The average molecular weight is 281 g/mol. The van der Waals surface area contributed by atoms with Gasteiger partial charge in [0.15, 0.2) is 0 Å². The Hall–Kier alpha value is -0.670. The molecule has 0 bridgehead atoms. The van der Waals surface area contributed by atoms with E-state index in [4.69, 9.17) is 0 Å². The second-order valence-corrected chi connectivity index (χ2v) is 7.02. The molecular formula is C16H27NOS. The predicted octanol–water partition coefficient (Wildman–Crippen LogP) is 3.58. The van der Waals surface area contributed by atoms with Crippen molar-refractivity contribution in [2.45, 2.75) is 63.6 Å². The van der Waals surface area contributed by atoms with Crippen molar-refractivity contribution in [3.8, 4) is 0 Å². The first-order chi connectivity index (χ1) is 9.01. The maximum atomic E-state index is 12.8. The van der Waals surface area contributed by atoms with Gasteiger partial charge in [0, 0.05) is 10.9 Å². The molecule has 1 N–H and O–H groups in total. The van der Waals surface area contributed by atoms with Crippen LogP contribution in [0.2, 0.25) is 0 Å². The van der Waals surface area contributed by atoms with Gasteiger partial charge in [0.2, 0.25) is 0 Å². The summed E-state index contributed by atoms with van der Waals surface area (Å²) in [5, 5.41) is 3.65. The Morgan fingerprint density at radius 1 is 1.26 bits per heavy atom. The maximum absolute atomic E-state index is 12.8. The highest BCUT2D eigenvalue weighted by Gasteiger charge is 2.23. The molecule has 0 heterocycles. The van der Waals surface area contributed by atoms with E-state index >= 15 is 0 Å². The molecule has 0 aliphatic carbocycles. The molecular weight excluding hydrogens is 254 g/mol. The summed E-state index contributed by atoms with van der Waals surface area (Å²) < 4.78 is 12.8. The second kappa shape index (κ2) is 7.81. The van der Waals surface area contributed by atoms with E-state index in [1.165, 1.54) is 5.56 Å². The highest BCUT2D eigenvalue weighted by Crippen LogP contribution is 2.20. The summed E-state index contributed by atoms with van der Waals surface area (Å²) in [6.07, 6.45) is 2.12. The van der Waals surface area contributed by atoms with Crippen LogP contribution in [0.5, 0.6) is 0 Å². The van der Waals surface area contributed by atoms with Crippen LogP contribution in [0.15, 0.2) is 23.1 Å². The largest absolute Gasteiger partial charge is 0.313 e. The van der Waals surface area contributed by atoms with Gasteiger partial charge in [0.1, 0.15) is 0 Å². The molecule has 1 aromatic rings. The van der Waals surface area contributed by atoms with Crippen molar-refractivity contribution in [3.05, 3.63) is 29.3 Å². The van der Waals surface area contributed by atoms with Crippen LogP contribution in [-0.2, 0) is 10.8 Å². The fourth-order valence-electron chi connectivity index (χ4n) is 2.25. The number of rotatable bonds is 7. The summed E-state index contributed by atoms with van der Waals surface area (Å²) in [5.74, 6) is 0. The third-order valence-electron chi connectivity index (χ3n) is 3.56. The van der Waals surface area contributed by atoms with Crippen LogP contribution >= 0.6 is 0 Å². The molecule has 0 saturated carbocycles. The molecule has 2 nitrogen and oxygen atoms in total. The Balaban J connectivity index is 2.88. The van der Waals surface area contributed by atoms with Gasteiger partial charge in [-0.05, 0) is 57.4 Å². The van der Waals surface area contributed by atoms with Crippen molar-refractivity contribution in [1.29, 1.82) is 0 Å².